The molecular weight excluding hydrogens is 338 g/mol. The van der Waals surface area contributed by atoms with E-state index >= 15 is 0 Å². The zero-order valence-corrected chi connectivity index (χ0v) is 20.2. The third-order valence-electron chi connectivity index (χ3n) is 5.91. The molecule has 0 aromatic rings. The van der Waals surface area contributed by atoms with Crippen LogP contribution in [0.25, 0.3) is 0 Å². The largest absolute Gasteiger partial charge is 0.300 e. The van der Waals surface area contributed by atoms with Gasteiger partial charge in [0.1, 0.15) is 0 Å². The van der Waals surface area contributed by atoms with Crippen LogP contribution >= 0.6 is 0 Å². The van der Waals surface area contributed by atoms with Crippen molar-refractivity contribution in [1.82, 2.24) is 4.90 Å². The van der Waals surface area contributed by atoms with E-state index in [0.29, 0.717) is 0 Å². The third-order valence-corrected chi connectivity index (χ3v) is 5.91. The first-order chi connectivity index (χ1) is 13.8. The zero-order chi connectivity index (χ0) is 20.5. The molecule has 0 aliphatic heterocycles. The smallest absolute Gasteiger partial charge is 0.0163 e. The summed E-state index contributed by atoms with van der Waals surface area (Å²) in [6.45, 7) is 10.7. The van der Waals surface area contributed by atoms with Gasteiger partial charge in [-0.15, -0.1) is 0 Å². The average Bonchev–Trinajstić information content (AvgIpc) is 2.71. The first-order valence-electron chi connectivity index (χ1n) is 13.2. The highest BCUT2D eigenvalue weighted by Crippen LogP contribution is 2.10. The molecule has 0 saturated carbocycles. The Bertz CT molecular complexity index is 279. The normalized spacial score (nSPS) is 11.9. The lowest BCUT2D eigenvalue weighted by atomic mass is 10.1. The molecule has 28 heavy (non-hydrogen) atoms. The summed E-state index contributed by atoms with van der Waals surface area (Å²) < 4.78 is 0. The summed E-state index contributed by atoms with van der Waals surface area (Å²) in [5.41, 5.74) is 0. The van der Waals surface area contributed by atoms with Crippen LogP contribution in [-0.4, -0.2) is 24.5 Å². The van der Waals surface area contributed by atoms with E-state index in [1.807, 2.05) is 0 Å². The Morgan fingerprint density at radius 2 is 0.821 bits per heavy atom. The number of unbranched alkanes of at least 4 members (excludes halogenated alkanes) is 16. The van der Waals surface area contributed by atoms with Crippen molar-refractivity contribution in [2.75, 3.05) is 19.6 Å². The quantitative estimate of drug-likeness (QED) is 0.123. The third kappa shape index (κ3) is 22.0. The van der Waals surface area contributed by atoms with Gasteiger partial charge in [-0.3, -0.25) is 4.90 Å². The summed E-state index contributed by atoms with van der Waals surface area (Å²) in [4.78, 5) is 2.72. The lowest BCUT2D eigenvalue weighted by Crippen LogP contribution is -2.26. The molecule has 0 unspecified atom stereocenters. The molecule has 0 radical (unpaired) electrons. The Balaban J connectivity index is 3.90. The summed E-state index contributed by atoms with van der Waals surface area (Å²) in [7, 11) is 0. The lowest BCUT2D eigenvalue weighted by Gasteiger charge is -2.20. The predicted octanol–water partition coefficient (Wildman–Crippen LogP) is 9.32. The molecule has 0 aromatic heterocycles. The lowest BCUT2D eigenvalue weighted by molar-refractivity contribution is 0.285. The van der Waals surface area contributed by atoms with Gasteiger partial charge in [0.25, 0.3) is 0 Å². The molecule has 1 heteroatoms. The topological polar surface area (TPSA) is 3.24 Å². The second-order valence-electron chi connectivity index (χ2n) is 8.86. The van der Waals surface area contributed by atoms with E-state index in [-0.39, 0.29) is 0 Å². The van der Waals surface area contributed by atoms with Crippen molar-refractivity contribution < 1.29 is 0 Å². The van der Waals surface area contributed by atoms with Crippen LogP contribution < -0.4 is 0 Å². The minimum Gasteiger partial charge on any atom is -0.300 e. The molecule has 0 aliphatic rings. The zero-order valence-electron chi connectivity index (χ0n) is 20.2. The molecule has 0 atom stereocenters. The van der Waals surface area contributed by atoms with Crippen molar-refractivity contribution in [2.24, 2.45) is 0 Å². The summed E-state index contributed by atoms with van der Waals surface area (Å²) in [6.07, 6.45) is 31.6. The van der Waals surface area contributed by atoms with Gasteiger partial charge in [-0.05, 0) is 38.8 Å². The first-order valence-corrected chi connectivity index (χ1v) is 13.2. The molecule has 0 bridgehead atoms. The molecule has 0 spiro atoms. The molecular formula is C27H55N. The van der Waals surface area contributed by atoms with Crippen molar-refractivity contribution in [3.8, 4) is 0 Å². The summed E-state index contributed by atoms with van der Waals surface area (Å²) in [5, 5.41) is 0. The SMILES string of the molecule is CCCCCC/C=C/CN(CCCCCCCCC)CCCCCCCCC. The summed E-state index contributed by atoms with van der Waals surface area (Å²) >= 11 is 0. The second kappa shape index (κ2) is 24.7. The maximum Gasteiger partial charge on any atom is 0.0163 e. The summed E-state index contributed by atoms with van der Waals surface area (Å²) in [5.74, 6) is 0. The van der Waals surface area contributed by atoms with E-state index in [1.165, 1.54) is 142 Å². The van der Waals surface area contributed by atoms with Crippen molar-refractivity contribution in [3.05, 3.63) is 12.2 Å². The van der Waals surface area contributed by atoms with Crippen LogP contribution in [0.5, 0.6) is 0 Å². The van der Waals surface area contributed by atoms with Crippen LogP contribution in [0.2, 0.25) is 0 Å². The van der Waals surface area contributed by atoms with Crippen LogP contribution in [0.3, 0.4) is 0 Å². The maximum atomic E-state index is 2.72. The van der Waals surface area contributed by atoms with Crippen molar-refractivity contribution in [1.29, 1.82) is 0 Å². The van der Waals surface area contributed by atoms with E-state index in [4.69, 9.17) is 0 Å². The Morgan fingerprint density at radius 1 is 0.429 bits per heavy atom. The van der Waals surface area contributed by atoms with Crippen LogP contribution in [-0.2, 0) is 0 Å². The van der Waals surface area contributed by atoms with Gasteiger partial charge in [0.05, 0.1) is 0 Å². The molecule has 1 nitrogen and oxygen atoms in total. The van der Waals surface area contributed by atoms with E-state index in [0.717, 1.165) is 0 Å². The Labute approximate surface area is 179 Å². The molecule has 0 fully saturated rings. The van der Waals surface area contributed by atoms with E-state index in [9.17, 15) is 0 Å². The minimum atomic E-state index is 1.18. The van der Waals surface area contributed by atoms with E-state index in [1.54, 1.807) is 0 Å². The number of hydrogen-bond donors (Lipinski definition) is 0. The minimum absolute atomic E-state index is 1.18. The maximum absolute atomic E-state index is 2.72. The Morgan fingerprint density at radius 3 is 1.29 bits per heavy atom. The number of allylic oxidation sites excluding steroid dienone is 1. The van der Waals surface area contributed by atoms with Crippen molar-refractivity contribution in [2.45, 2.75) is 143 Å². The van der Waals surface area contributed by atoms with Gasteiger partial charge < -0.3 is 0 Å². The van der Waals surface area contributed by atoms with Gasteiger partial charge in [-0.2, -0.15) is 0 Å². The van der Waals surface area contributed by atoms with E-state index < -0.39 is 0 Å². The second-order valence-corrected chi connectivity index (χ2v) is 8.86. The molecule has 0 aliphatic carbocycles. The standard InChI is InChI=1S/C27H55N/c1-4-7-10-13-16-19-22-25-28(26-23-20-17-14-11-8-5-2)27-24-21-18-15-12-9-6-3/h19,22H,4-18,20-21,23-27H2,1-3H3/b22-19+. The highest BCUT2D eigenvalue weighted by molar-refractivity contribution is 4.85. The number of nitrogens with zero attached hydrogens (tertiary/aromatic N) is 1. The predicted molar refractivity (Wildman–Crippen MR) is 130 cm³/mol. The fraction of sp³-hybridized carbons (Fsp3) is 0.926. The van der Waals surface area contributed by atoms with Crippen LogP contribution in [0.1, 0.15) is 143 Å². The van der Waals surface area contributed by atoms with Gasteiger partial charge in [-0.1, -0.05) is 129 Å². The van der Waals surface area contributed by atoms with Crippen LogP contribution in [0.4, 0.5) is 0 Å². The monoisotopic (exact) mass is 393 g/mol. The van der Waals surface area contributed by atoms with Gasteiger partial charge in [-0.25, -0.2) is 0 Å². The molecule has 0 heterocycles. The Hall–Kier alpha value is -0.300. The number of hydrogen-bond acceptors (Lipinski definition) is 1. The van der Waals surface area contributed by atoms with Crippen LogP contribution in [0.15, 0.2) is 12.2 Å². The molecule has 0 saturated heterocycles. The molecule has 0 rings (SSSR count). The van der Waals surface area contributed by atoms with Gasteiger partial charge in [0, 0.05) is 6.54 Å². The molecule has 168 valence electrons. The van der Waals surface area contributed by atoms with Gasteiger partial charge in [0.15, 0.2) is 0 Å². The van der Waals surface area contributed by atoms with Gasteiger partial charge in [0.2, 0.25) is 0 Å². The fourth-order valence-electron chi connectivity index (χ4n) is 3.91. The van der Waals surface area contributed by atoms with E-state index in [2.05, 4.69) is 37.8 Å². The number of rotatable bonds is 23. The van der Waals surface area contributed by atoms with Crippen molar-refractivity contribution in [3.63, 3.8) is 0 Å². The molecule has 0 aromatic carbocycles. The van der Waals surface area contributed by atoms with Crippen LogP contribution in [0, 0.1) is 0 Å². The average molecular weight is 394 g/mol. The van der Waals surface area contributed by atoms with Crippen molar-refractivity contribution >= 4 is 0 Å². The fourth-order valence-corrected chi connectivity index (χ4v) is 3.91. The summed E-state index contributed by atoms with van der Waals surface area (Å²) in [6, 6.07) is 0. The first kappa shape index (κ1) is 27.7. The molecule has 0 amide bonds. The Kier molecular flexibility index (Phi) is 24.5. The van der Waals surface area contributed by atoms with Gasteiger partial charge >= 0.3 is 0 Å². The molecule has 0 N–H and O–H groups in total. The highest BCUT2D eigenvalue weighted by Gasteiger charge is 2.03. The highest BCUT2D eigenvalue weighted by atomic mass is 15.1.